The van der Waals surface area contributed by atoms with Crippen LogP contribution in [0.3, 0.4) is 0 Å². The van der Waals surface area contributed by atoms with Crippen molar-refractivity contribution in [3.05, 3.63) is 82.4 Å². The summed E-state index contributed by atoms with van der Waals surface area (Å²) in [4.78, 5) is 12.7. The number of nitrogens with zero attached hydrogens (tertiary/aromatic N) is 1. The van der Waals surface area contributed by atoms with Gasteiger partial charge in [-0.25, -0.2) is 16.8 Å². The largest absolute Gasteiger partial charge is 0.417 e. The van der Waals surface area contributed by atoms with Crippen LogP contribution in [-0.4, -0.2) is 53.4 Å². The molecule has 0 bridgehead atoms. The number of alkyl halides is 3. The first-order valence-corrected chi connectivity index (χ1v) is 15.0. The van der Waals surface area contributed by atoms with Crippen molar-refractivity contribution in [3.63, 3.8) is 0 Å². The monoisotopic (exact) mass is 617 g/mol. The highest BCUT2D eigenvalue weighted by molar-refractivity contribution is 7.92. The van der Waals surface area contributed by atoms with Crippen LogP contribution in [-0.2, 0) is 31.0 Å². The van der Waals surface area contributed by atoms with Gasteiger partial charge in [0.05, 0.1) is 33.6 Å². The molecule has 40 heavy (non-hydrogen) atoms. The molecular formula is C25H23ClF3N3O6S2. The van der Waals surface area contributed by atoms with Gasteiger partial charge in [0, 0.05) is 30.0 Å². The molecule has 1 aliphatic heterocycles. The maximum atomic E-state index is 13.1. The number of halogens is 4. The standard InChI is InChI=1S/C25H23ClF3N3O6S2/c1-16-2-6-20(40(36,37)32-10-12-38-13-11-32)15-21(16)24(33)30-17-3-7-19(8-4-17)39(34,35)31-18-5-9-23(26)22(14-18)25(27,28)29/h2-9,14-15,31H,10-13H2,1H3,(H,30,33). The second kappa shape index (κ2) is 11.4. The highest BCUT2D eigenvalue weighted by Crippen LogP contribution is 2.36. The third-order valence-corrected chi connectivity index (χ3v) is 9.63. The molecule has 1 saturated heterocycles. The molecule has 0 atom stereocenters. The highest BCUT2D eigenvalue weighted by atomic mass is 35.5. The Bertz CT molecular complexity index is 1640. The van der Waals surface area contributed by atoms with Crippen LogP contribution in [0.25, 0.3) is 0 Å². The lowest BCUT2D eigenvalue weighted by Crippen LogP contribution is -2.40. The van der Waals surface area contributed by atoms with Gasteiger partial charge < -0.3 is 10.1 Å². The molecule has 3 aromatic carbocycles. The number of morpholine rings is 1. The second-order valence-corrected chi connectivity index (χ2v) is 12.8. The molecule has 1 heterocycles. The maximum absolute atomic E-state index is 13.1. The molecule has 0 aromatic heterocycles. The number of hydrogen-bond acceptors (Lipinski definition) is 6. The minimum Gasteiger partial charge on any atom is -0.379 e. The molecule has 15 heteroatoms. The molecule has 2 N–H and O–H groups in total. The van der Waals surface area contributed by atoms with Gasteiger partial charge in [-0.05, 0) is 67.1 Å². The van der Waals surface area contributed by atoms with Crippen molar-refractivity contribution < 1.29 is 39.5 Å². The minimum absolute atomic E-state index is 0.0476. The third kappa shape index (κ3) is 6.58. The first kappa shape index (κ1) is 29.8. The third-order valence-electron chi connectivity index (χ3n) is 6.01. The van der Waals surface area contributed by atoms with Gasteiger partial charge in [0.15, 0.2) is 0 Å². The van der Waals surface area contributed by atoms with Gasteiger partial charge in [0.25, 0.3) is 15.9 Å². The second-order valence-electron chi connectivity index (χ2n) is 8.77. The molecule has 214 valence electrons. The molecular weight excluding hydrogens is 595 g/mol. The lowest BCUT2D eigenvalue weighted by molar-refractivity contribution is -0.137. The summed E-state index contributed by atoms with van der Waals surface area (Å²) >= 11 is 5.58. The Balaban J connectivity index is 1.50. The van der Waals surface area contributed by atoms with Crippen LogP contribution in [0.1, 0.15) is 21.5 Å². The number of carbonyl (C=O) groups excluding carboxylic acids is 1. The number of nitrogens with one attached hydrogen (secondary N) is 2. The molecule has 0 spiro atoms. The fourth-order valence-electron chi connectivity index (χ4n) is 3.88. The smallest absolute Gasteiger partial charge is 0.379 e. The topological polar surface area (TPSA) is 122 Å². The van der Waals surface area contributed by atoms with Crippen molar-refractivity contribution in [1.82, 2.24) is 4.31 Å². The number of carbonyl (C=O) groups is 1. The van der Waals surface area contributed by atoms with Crippen LogP contribution in [0.15, 0.2) is 70.5 Å². The maximum Gasteiger partial charge on any atom is 0.417 e. The van der Waals surface area contributed by atoms with Crippen molar-refractivity contribution in [1.29, 1.82) is 0 Å². The predicted molar refractivity (Wildman–Crippen MR) is 142 cm³/mol. The van der Waals surface area contributed by atoms with E-state index >= 15 is 0 Å². The van der Waals surface area contributed by atoms with Crippen molar-refractivity contribution >= 4 is 48.9 Å². The van der Waals surface area contributed by atoms with Gasteiger partial charge in [0.2, 0.25) is 10.0 Å². The van der Waals surface area contributed by atoms with E-state index in [4.69, 9.17) is 16.3 Å². The van der Waals surface area contributed by atoms with E-state index < -0.39 is 42.7 Å². The average Bonchev–Trinajstić information content (AvgIpc) is 2.90. The molecule has 0 aliphatic carbocycles. The summed E-state index contributed by atoms with van der Waals surface area (Å²) in [6.07, 6.45) is -4.77. The molecule has 0 radical (unpaired) electrons. The van der Waals surface area contributed by atoms with Gasteiger partial charge in [-0.15, -0.1) is 0 Å². The van der Waals surface area contributed by atoms with E-state index in [2.05, 4.69) is 10.0 Å². The van der Waals surface area contributed by atoms with E-state index in [0.717, 1.165) is 24.3 Å². The van der Waals surface area contributed by atoms with E-state index in [1.165, 1.54) is 34.6 Å². The van der Waals surface area contributed by atoms with Gasteiger partial charge in [-0.1, -0.05) is 17.7 Å². The molecule has 4 rings (SSSR count). The van der Waals surface area contributed by atoms with E-state index in [9.17, 15) is 34.8 Å². The Labute approximate surface area is 234 Å². The Morgan fingerprint density at radius 2 is 1.50 bits per heavy atom. The fourth-order valence-corrected chi connectivity index (χ4v) is 6.59. The summed E-state index contributed by atoms with van der Waals surface area (Å²) in [6.45, 7) is 2.58. The molecule has 0 saturated carbocycles. The van der Waals surface area contributed by atoms with E-state index in [-0.39, 0.29) is 53.0 Å². The lowest BCUT2D eigenvalue weighted by atomic mass is 10.1. The first-order chi connectivity index (χ1) is 18.7. The summed E-state index contributed by atoms with van der Waals surface area (Å²) in [6, 6.07) is 11.7. The number of aryl methyl sites for hydroxylation is 1. The zero-order valence-electron chi connectivity index (χ0n) is 20.8. The molecule has 9 nitrogen and oxygen atoms in total. The van der Waals surface area contributed by atoms with Gasteiger partial charge in [-0.3, -0.25) is 9.52 Å². The fraction of sp³-hybridized carbons (Fsp3) is 0.240. The van der Waals surface area contributed by atoms with Crippen LogP contribution >= 0.6 is 11.6 Å². The molecule has 3 aromatic rings. The van der Waals surface area contributed by atoms with Crippen LogP contribution in [0.2, 0.25) is 5.02 Å². The highest BCUT2D eigenvalue weighted by Gasteiger charge is 2.34. The zero-order valence-corrected chi connectivity index (χ0v) is 23.2. The lowest BCUT2D eigenvalue weighted by Gasteiger charge is -2.26. The van der Waals surface area contributed by atoms with Crippen molar-refractivity contribution in [2.45, 2.75) is 22.9 Å². The SMILES string of the molecule is Cc1ccc(S(=O)(=O)N2CCOCC2)cc1C(=O)Nc1ccc(S(=O)(=O)Nc2ccc(Cl)c(C(F)(F)F)c2)cc1. The molecule has 1 amide bonds. The predicted octanol–water partition coefficient (Wildman–Crippen LogP) is 4.74. The molecule has 1 aliphatic rings. The molecule has 0 unspecified atom stereocenters. The normalized spacial score (nSPS) is 15.0. The Morgan fingerprint density at radius 3 is 2.12 bits per heavy atom. The van der Waals surface area contributed by atoms with Gasteiger partial charge >= 0.3 is 6.18 Å². The number of amides is 1. The van der Waals surface area contributed by atoms with Crippen molar-refractivity contribution in [2.75, 3.05) is 36.3 Å². The quantitative estimate of drug-likeness (QED) is 0.395. The van der Waals surface area contributed by atoms with Crippen molar-refractivity contribution in [3.8, 4) is 0 Å². The van der Waals surface area contributed by atoms with Crippen LogP contribution in [0.4, 0.5) is 24.5 Å². The number of rotatable bonds is 7. The Hall–Kier alpha value is -3.17. The van der Waals surface area contributed by atoms with Crippen LogP contribution < -0.4 is 10.0 Å². The van der Waals surface area contributed by atoms with Gasteiger partial charge in [0.1, 0.15) is 0 Å². The van der Waals surface area contributed by atoms with E-state index in [1.54, 1.807) is 6.92 Å². The van der Waals surface area contributed by atoms with Crippen LogP contribution in [0.5, 0.6) is 0 Å². The average molecular weight is 618 g/mol. The van der Waals surface area contributed by atoms with Crippen molar-refractivity contribution in [2.24, 2.45) is 0 Å². The minimum atomic E-state index is -4.77. The first-order valence-electron chi connectivity index (χ1n) is 11.7. The summed E-state index contributed by atoms with van der Waals surface area (Å²) in [7, 11) is -8.12. The Morgan fingerprint density at radius 1 is 0.900 bits per heavy atom. The number of ether oxygens (including phenoxy) is 1. The number of benzene rings is 3. The van der Waals surface area contributed by atoms with E-state index in [1.807, 2.05) is 0 Å². The summed E-state index contributed by atoms with van der Waals surface area (Å²) < 4.78 is 99.3. The zero-order chi connectivity index (χ0) is 29.3. The molecule has 1 fully saturated rings. The van der Waals surface area contributed by atoms with E-state index in [0.29, 0.717) is 11.6 Å². The van der Waals surface area contributed by atoms with Crippen LogP contribution in [0, 0.1) is 6.92 Å². The Kier molecular flexibility index (Phi) is 8.47. The summed E-state index contributed by atoms with van der Waals surface area (Å²) in [5.41, 5.74) is -0.699. The number of hydrogen-bond donors (Lipinski definition) is 2. The van der Waals surface area contributed by atoms with Gasteiger partial charge in [-0.2, -0.15) is 17.5 Å². The number of sulfonamides is 2. The summed E-state index contributed by atoms with van der Waals surface area (Å²) in [5.74, 6) is -0.619. The summed E-state index contributed by atoms with van der Waals surface area (Å²) in [5, 5.41) is 2.02. The number of anilines is 2.